The number of carboxylic acids is 1. The number of carbonyl (C=O) groups excluding carboxylic acids is 1. The summed E-state index contributed by atoms with van der Waals surface area (Å²) in [5.74, 6) is -1.62. The Kier molecular flexibility index (Phi) is 4.73. The van der Waals surface area contributed by atoms with E-state index in [0.717, 1.165) is 6.42 Å². The molecule has 2 amide bonds. The molecule has 21 heavy (non-hydrogen) atoms. The molecule has 0 aliphatic carbocycles. The van der Waals surface area contributed by atoms with Gasteiger partial charge in [0.25, 0.3) is 0 Å². The van der Waals surface area contributed by atoms with Crippen molar-refractivity contribution in [2.75, 3.05) is 32.8 Å². The van der Waals surface area contributed by atoms with E-state index in [2.05, 4.69) is 0 Å². The van der Waals surface area contributed by atoms with Crippen LogP contribution in [0.25, 0.3) is 0 Å². The molecular weight excluding hydrogens is 276 g/mol. The van der Waals surface area contributed by atoms with Crippen molar-refractivity contribution in [3.8, 4) is 0 Å². The molecule has 7 nitrogen and oxygen atoms in total. The first-order chi connectivity index (χ1) is 9.85. The lowest BCUT2D eigenvalue weighted by Crippen LogP contribution is -2.56. The fraction of sp³-hybridized carbons (Fsp3) is 0.857. The summed E-state index contributed by atoms with van der Waals surface area (Å²) >= 11 is 0. The lowest BCUT2D eigenvalue weighted by molar-refractivity contribution is -0.142. The van der Waals surface area contributed by atoms with Crippen molar-refractivity contribution in [3.05, 3.63) is 0 Å². The van der Waals surface area contributed by atoms with Crippen LogP contribution in [0, 0.1) is 5.92 Å². The van der Waals surface area contributed by atoms with Crippen molar-refractivity contribution < 1.29 is 24.5 Å². The van der Waals surface area contributed by atoms with Gasteiger partial charge in [-0.25, -0.2) is 4.79 Å². The molecule has 0 spiro atoms. The van der Waals surface area contributed by atoms with Crippen LogP contribution in [0.2, 0.25) is 0 Å². The van der Waals surface area contributed by atoms with E-state index in [9.17, 15) is 19.8 Å². The number of aliphatic carboxylic acids is 1. The van der Waals surface area contributed by atoms with Crippen LogP contribution in [0.1, 0.15) is 26.7 Å². The highest BCUT2D eigenvalue weighted by molar-refractivity contribution is 5.77. The Hall–Kier alpha value is -1.34. The summed E-state index contributed by atoms with van der Waals surface area (Å²) in [7, 11) is 0. The number of hydrogen-bond donors (Lipinski definition) is 2. The van der Waals surface area contributed by atoms with Crippen LogP contribution in [-0.2, 0) is 9.53 Å². The summed E-state index contributed by atoms with van der Waals surface area (Å²) in [6.07, 6.45) is 1.42. The highest BCUT2D eigenvalue weighted by Gasteiger charge is 2.42. The maximum absolute atomic E-state index is 12.7. The molecule has 0 saturated carbocycles. The monoisotopic (exact) mass is 300 g/mol. The number of urea groups is 1. The molecule has 0 aromatic carbocycles. The third kappa shape index (κ3) is 3.47. The highest BCUT2D eigenvalue weighted by Crippen LogP contribution is 2.25. The lowest BCUT2D eigenvalue weighted by Gasteiger charge is -2.41. The summed E-state index contributed by atoms with van der Waals surface area (Å²) in [4.78, 5) is 27.1. The Morgan fingerprint density at radius 1 is 1.43 bits per heavy atom. The number of ether oxygens (including phenoxy) is 1. The highest BCUT2D eigenvalue weighted by atomic mass is 16.5. The van der Waals surface area contributed by atoms with Crippen LogP contribution in [0.4, 0.5) is 4.79 Å². The van der Waals surface area contributed by atoms with Gasteiger partial charge in [-0.05, 0) is 26.7 Å². The molecule has 3 atom stereocenters. The van der Waals surface area contributed by atoms with Gasteiger partial charge in [0.1, 0.15) is 5.92 Å². The normalized spacial score (nSPS) is 33.0. The van der Waals surface area contributed by atoms with Crippen LogP contribution in [0.3, 0.4) is 0 Å². The van der Waals surface area contributed by atoms with Gasteiger partial charge in [-0.3, -0.25) is 4.79 Å². The van der Waals surface area contributed by atoms with Gasteiger partial charge in [-0.2, -0.15) is 0 Å². The van der Waals surface area contributed by atoms with Gasteiger partial charge in [0.2, 0.25) is 0 Å². The third-order valence-corrected chi connectivity index (χ3v) is 4.30. The zero-order valence-electron chi connectivity index (χ0n) is 12.6. The summed E-state index contributed by atoms with van der Waals surface area (Å²) in [5, 5.41) is 19.4. The number of hydrogen-bond acceptors (Lipinski definition) is 4. The fourth-order valence-corrected chi connectivity index (χ4v) is 3.16. The molecule has 2 N–H and O–H groups in total. The van der Waals surface area contributed by atoms with Gasteiger partial charge in [0.05, 0.1) is 31.4 Å². The molecule has 2 aliphatic heterocycles. The molecule has 120 valence electrons. The number of carbonyl (C=O) groups is 2. The lowest BCUT2D eigenvalue weighted by atomic mass is 9.95. The van der Waals surface area contributed by atoms with E-state index in [1.807, 2.05) is 6.92 Å². The molecule has 2 rings (SSSR count). The quantitative estimate of drug-likeness (QED) is 0.786. The van der Waals surface area contributed by atoms with Crippen molar-refractivity contribution in [3.63, 3.8) is 0 Å². The topological polar surface area (TPSA) is 90.3 Å². The zero-order valence-corrected chi connectivity index (χ0v) is 12.6. The molecule has 2 aliphatic rings. The van der Waals surface area contributed by atoms with Gasteiger partial charge >= 0.3 is 12.0 Å². The minimum Gasteiger partial charge on any atom is -0.481 e. The van der Waals surface area contributed by atoms with Crippen LogP contribution in [-0.4, -0.2) is 76.5 Å². The number of nitrogens with zero attached hydrogens (tertiary/aromatic N) is 2. The van der Waals surface area contributed by atoms with E-state index in [-0.39, 0.29) is 25.8 Å². The molecule has 0 bridgehead atoms. The average molecular weight is 300 g/mol. The number of likely N-dealkylation sites (N-methyl/N-ethyl adjacent to an activating group) is 1. The van der Waals surface area contributed by atoms with E-state index in [0.29, 0.717) is 19.5 Å². The molecule has 0 aromatic heterocycles. The Morgan fingerprint density at radius 2 is 2.14 bits per heavy atom. The zero-order chi connectivity index (χ0) is 15.6. The number of β-amino-alcohol motifs (C(OH)–C–C–N with tert-alkyl or cyclic N) is 1. The van der Waals surface area contributed by atoms with Crippen molar-refractivity contribution in [1.29, 1.82) is 0 Å². The average Bonchev–Trinajstić information content (AvgIpc) is 2.87. The minimum absolute atomic E-state index is 0.140. The van der Waals surface area contributed by atoms with Crippen molar-refractivity contribution in [2.45, 2.75) is 38.3 Å². The first kappa shape index (κ1) is 16.0. The largest absolute Gasteiger partial charge is 0.481 e. The molecule has 0 radical (unpaired) electrons. The summed E-state index contributed by atoms with van der Waals surface area (Å²) in [6.45, 7) is 5.25. The maximum Gasteiger partial charge on any atom is 0.320 e. The van der Waals surface area contributed by atoms with E-state index < -0.39 is 23.5 Å². The summed E-state index contributed by atoms with van der Waals surface area (Å²) < 4.78 is 5.25. The Balaban J connectivity index is 2.09. The van der Waals surface area contributed by atoms with E-state index >= 15 is 0 Å². The van der Waals surface area contributed by atoms with Crippen molar-refractivity contribution in [1.82, 2.24) is 9.80 Å². The molecule has 0 aromatic rings. The smallest absolute Gasteiger partial charge is 0.320 e. The standard InChI is InChI=1S/C14H24N2O5/c1-3-16(11-8-21-7-10(11)12(17)18)13(19)15-6-4-5-14(2,20)9-15/h10-11,20H,3-9H2,1-2H3,(H,17,18). The van der Waals surface area contributed by atoms with Gasteiger partial charge in [-0.1, -0.05) is 0 Å². The molecule has 7 heteroatoms. The van der Waals surface area contributed by atoms with Crippen LogP contribution < -0.4 is 0 Å². The molecule has 2 saturated heterocycles. The van der Waals surface area contributed by atoms with Gasteiger partial charge in [-0.15, -0.1) is 0 Å². The fourth-order valence-electron chi connectivity index (χ4n) is 3.16. The minimum atomic E-state index is -0.936. The first-order valence-corrected chi connectivity index (χ1v) is 7.44. The number of piperidine rings is 1. The third-order valence-electron chi connectivity index (χ3n) is 4.30. The predicted octanol–water partition coefficient (Wildman–Crippen LogP) is 0.375. The second-order valence-corrected chi connectivity index (χ2v) is 6.14. The summed E-state index contributed by atoms with van der Waals surface area (Å²) in [5.41, 5.74) is -0.869. The number of carboxylic acid groups (broad SMARTS) is 1. The number of rotatable bonds is 3. The number of likely N-dealkylation sites (tertiary alicyclic amines) is 1. The van der Waals surface area contributed by atoms with Gasteiger partial charge in [0, 0.05) is 13.1 Å². The Morgan fingerprint density at radius 3 is 2.71 bits per heavy atom. The Bertz CT molecular complexity index is 412. The molecular formula is C14H24N2O5. The molecule has 2 fully saturated rings. The molecule has 3 unspecified atom stereocenters. The number of amides is 2. The van der Waals surface area contributed by atoms with Crippen molar-refractivity contribution in [2.24, 2.45) is 5.92 Å². The SMILES string of the molecule is CCN(C(=O)N1CCCC(C)(O)C1)C1COCC1C(=O)O. The summed E-state index contributed by atoms with van der Waals surface area (Å²) in [6, 6.07) is -0.647. The Labute approximate surface area is 124 Å². The van der Waals surface area contributed by atoms with E-state index in [1.54, 1.807) is 16.7 Å². The predicted molar refractivity (Wildman–Crippen MR) is 74.9 cm³/mol. The number of aliphatic hydroxyl groups is 1. The van der Waals surface area contributed by atoms with E-state index in [4.69, 9.17) is 4.74 Å². The maximum atomic E-state index is 12.7. The second kappa shape index (κ2) is 6.19. The van der Waals surface area contributed by atoms with Crippen LogP contribution >= 0.6 is 0 Å². The van der Waals surface area contributed by atoms with Crippen molar-refractivity contribution >= 4 is 12.0 Å². The van der Waals surface area contributed by atoms with E-state index in [1.165, 1.54) is 0 Å². The van der Waals surface area contributed by atoms with Gasteiger partial charge < -0.3 is 24.7 Å². The van der Waals surface area contributed by atoms with Crippen LogP contribution in [0.5, 0.6) is 0 Å². The first-order valence-electron chi connectivity index (χ1n) is 7.44. The van der Waals surface area contributed by atoms with Gasteiger partial charge in [0.15, 0.2) is 0 Å². The second-order valence-electron chi connectivity index (χ2n) is 6.14. The molecule has 2 heterocycles. The van der Waals surface area contributed by atoms with Crippen LogP contribution in [0.15, 0.2) is 0 Å².